The summed E-state index contributed by atoms with van der Waals surface area (Å²) in [6.07, 6.45) is 4.46. The summed E-state index contributed by atoms with van der Waals surface area (Å²) in [5.74, 6) is 0.969. The van der Waals surface area contributed by atoms with Crippen LogP contribution in [0.15, 0.2) is 18.3 Å². The van der Waals surface area contributed by atoms with Gasteiger partial charge in [0.05, 0.1) is 19.3 Å². The maximum atomic E-state index is 9.15. The Morgan fingerprint density at radius 2 is 2.32 bits per heavy atom. The van der Waals surface area contributed by atoms with Gasteiger partial charge in [0.15, 0.2) is 0 Å². The molecular weight excluding hydrogens is 242 g/mol. The van der Waals surface area contributed by atoms with Gasteiger partial charge in [-0.15, -0.1) is 0 Å². The number of nitrogens with one attached hydrogen (secondary N) is 1. The van der Waals surface area contributed by atoms with Crippen LogP contribution in [0.25, 0.3) is 0 Å². The molecule has 2 fully saturated rings. The normalized spacial score (nSPS) is 23.6. The Hall–Kier alpha value is -1.17. The average Bonchev–Trinajstić information content (AvgIpc) is 3.30. The van der Waals surface area contributed by atoms with Gasteiger partial charge in [0.1, 0.15) is 5.82 Å². The minimum Gasteiger partial charge on any atom is -0.394 e. The van der Waals surface area contributed by atoms with E-state index in [0.717, 1.165) is 24.9 Å². The van der Waals surface area contributed by atoms with E-state index in [1.54, 1.807) is 0 Å². The topological polar surface area (TPSA) is 57.6 Å². The van der Waals surface area contributed by atoms with Crippen LogP contribution in [-0.2, 0) is 11.3 Å². The van der Waals surface area contributed by atoms with Crippen LogP contribution < -0.4 is 10.2 Å². The number of hydrogen-bond donors (Lipinski definition) is 2. The fourth-order valence-corrected chi connectivity index (χ4v) is 2.30. The zero-order valence-electron chi connectivity index (χ0n) is 11.1. The first-order valence-corrected chi connectivity index (χ1v) is 7.01. The van der Waals surface area contributed by atoms with Crippen LogP contribution in [0.1, 0.15) is 18.4 Å². The summed E-state index contributed by atoms with van der Waals surface area (Å²) in [4.78, 5) is 6.69. The first-order valence-electron chi connectivity index (χ1n) is 7.01. The lowest BCUT2D eigenvalue weighted by atomic mass is 10.2. The van der Waals surface area contributed by atoms with E-state index in [1.165, 1.54) is 18.4 Å². The third kappa shape index (κ3) is 3.43. The molecular formula is C14H21N3O2. The van der Waals surface area contributed by atoms with Crippen LogP contribution in [0.5, 0.6) is 0 Å². The van der Waals surface area contributed by atoms with Crippen molar-refractivity contribution >= 4 is 5.82 Å². The van der Waals surface area contributed by atoms with E-state index in [-0.39, 0.29) is 12.7 Å². The second-order valence-corrected chi connectivity index (χ2v) is 5.30. The Labute approximate surface area is 113 Å². The predicted octanol–water partition coefficient (Wildman–Crippen LogP) is 0.531. The van der Waals surface area contributed by atoms with Gasteiger partial charge in [0.25, 0.3) is 0 Å². The molecule has 0 bridgehead atoms. The highest BCUT2D eigenvalue weighted by Crippen LogP contribution is 2.20. The standard InChI is InChI=1S/C14H21N3O2/c18-10-13-9-17(5-6-19-13)14-4-1-11(8-16-14)7-15-12-2-3-12/h1,4,8,12-13,15,18H,2-3,5-7,9-10H2. The molecule has 19 heavy (non-hydrogen) atoms. The number of aliphatic hydroxyl groups excluding tert-OH is 1. The zero-order valence-corrected chi connectivity index (χ0v) is 11.1. The summed E-state index contributed by atoms with van der Waals surface area (Å²) < 4.78 is 5.44. The van der Waals surface area contributed by atoms with Crippen molar-refractivity contribution in [2.45, 2.75) is 31.5 Å². The van der Waals surface area contributed by atoms with Crippen LogP contribution in [0.4, 0.5) is 5.82 Å². The molecule has 1 atom stereocenters. The van der Waals surface area contributed by atoms with Crippen LogP contribution in [0.2, 0.25) is 0 Å². The smallest absolute Gasteiger partial charge is 0.128 e. The summed E-state index contributed by atoms with van der Waals surface area (Å²) in [6.45, 7) is 3.17. The van der Waals surface area contributed by atoms with E-state index in [0.29, 0.717) is 13.2 Å². The van der Waals surface area contributed by atoms with E-state index in [1.807, 2.05) is 6.20 Å². The molecule has 1 aromatic rings. The van der Waals surface area contributed by atoms with Crippen LogP contribution in [0, 0.1) is 0 Å². The van der Waals surface area contributed by atoms with Gasteiger partial charge in [-0.1, -0.05) is 6.07 Å². The molecule has 2 heterocycles. The van der Waals surface area contributed by atoms with E-state index in [9.17, 15) is 0 Å². The van der Waals surface area contributed by atoms with Crippen molar-refractivity contribution in [2.75, 3.05) is 31.2 Å². The van der Waals surface area contributed by atoms with Crippen molar-refractivity contribution in [1.29, 1.82) is 0 Å². The summed E-state index contributed by atoms with van der Waals surface area (Å²) in [5.41, 5.74) is 1.22. The molecule has 1 aliphatic heterocycles. The van der Waals surface area contributed by atoms with Crippen molar-refractivity contribution in [3.8, 4) is 0 Å². The first-order chi connectivity index (χ1) is 9.35. The molecule has 104 valence electrons. The van der Waals surface area contributed by atoms with Crippen LogP contribution in [0.3, 0.4) is 0 Å². The molecule has 1 saturated carbocycles. The number of anilines is 1. The van der Waals surface area contributed by atoms with Crippen molar-refractivity contribution in [1.82, 2.24) is 10.3 Å². The van der Waals surface area contributed by atoms with E-state index < -0.39 is 0 Å². The Morgan fingerprint density at radius 1 is 1.42 bits per heavy atom. The van der Waals surface area contributed by atoms with Crippen molar-refractivity contribution in [3.05, 3.63) is 23.9 Å². The third-order valence-electron chi connectivity index (χ3n) is 3.65. The van der Waals surface area contributed by atoms with Gasteiger partial charge in [-0.05, 0) is 24.5 Å². The third-order valence-corrected chi connectivity index (χ3v) is 3.65. The maximum Gasteiger partial charge on any atom is 0.128 e. The molecule has 1 aromatic heterocycles. The molecule has 5 nitrogen and oxygen atoms in total. The second-order valence-electron chi connectivity index (χ2n) is 5.30. The average molecular weight is 263 g/mol. The molecule has 0 aromatic carbocycles. The van der Waals surface area contributed by atoms with Crippen molar-refractivity contribution in [2.24, 2.45) is 0 Å². The number of hydrogen-bond acceptors (Lipinski definition) is 5. The molecule has 1 unspecified atom stereocenters. The number of aromatic nitrogens is 1. The SMILES string of the molecule is OCC1CN(c2ccc(CNC3CC3)cn2)CCO1. The van der Waals surface area contributed by atoms with E-state index in [2.05, 4.69) is 27.3 Å². The highest BCUT2D eigenvalue weighted by Gasteiger charge is 2.21. The van der Waals surface area contributed by atoms with Gasteiger partial charge >= 0.3 is 0 Å². The van der Waals surface area contributed by atoms with E-state index >= 15 is 0 Å². The summed E-state index contributed by atoms with van der Waals surface area (Å²) >= 11 is 0. The Morgan fingerprint density at radius 3 is 3.00 bits per heavy atom. The number of morpholine rings is 1. The molecule has 0 amide bonds. The van der Waals surface area contributed by atoms with Crippen molar-refractivity contribution < 1.29 is 9.84 Å². The number of ether oxygens (including phenoxy) is 1. The molecule has 1 saturated heterocycles. The lowest BCUT2D eigenvalue weighted by Crippen LogP contribution is -2.44. The molecule has 2 N–H and O–H groups in total. The fourth-order valence-electron chi connectivity index (χ4n) is 2.30. The van der Waals surface area contributed by atoms with E-state index in [4.69, 9.17) is 9.84 Å². The lowest BCUT2D eigenvalue weighted by molar-refractivity contribution is 0.00336. The number of aliphatic hydroxyl groups is 1. The van der Waals surface area contributed by atoms with Gasteiger partial charge in [-0.3, -0.25) is 0 Å². The molecule has 5 heteroatoms. The highest BCUT2D eigenvalue weighted by molar-refractivity contribution is 5.40. The predicted molar refractivity (Wildman–Crippen MR) is 73.1 cm³/mol. The minimum absolute atomic E-state index is 0.0693. The quantitative estimate of drug-likeness (QED) is 0.811. The highest BCUT2D eigenvalue weighted by atomic mass is 16.5. The summed E-state index contributed by atoms with van der Waals surface area (Å²) in [7, 11) is 0. The first kappa shape index (κ1) is 12.8. The largest absolute Gasteiger partial charge is 0.394 e. The minimum atomic E-state index is -0.0910. The Kier molecular flexibility index (Phi) is 3.96. The fraction of sp³-hybridized carbons (Fsp3) is 0.643. The monoisotopic (exact) mass is 263 g/mol. The zero-order chi connectivity index (χ0) is 13.1. The number of nitrogens with zero attached hydrogens (tertiary/aromatic N) is 2. The van der Waals surface area contributed by atoms with Gasteiger partial charge < -0.3 is 20.1 Å². The number of rotatable bonds is 5. The Bertz CT molecular complexity index is 406. The van der Waals surface area contributed by atoms with Crippen LogP contribution in [-0.4, -0.2) is 48.5 Å². The second kappa shape index (κ2) is 5.86. The number of pyridine rings is 1. The van der Waals surface area contributed by atoms with Gasteiger partial charge in [0.2, 0.25) is 0 Å². The Balaban J connectivity index is 1.57. The molecule has 3 rings (SSSR count). The molecule has 2 aliphatic rings. The molecule has 0 radical (unpaired) electrons. The molecule has 1 aliphatic carbocycles. The van der Waals surface area contributed by atoms with Gasteiger partial charge in [0, 0.05) is 31.9 Å². The van der Waals surface area contributed by atoms with Gasteiger partial charge in [-0.2, -0.15) is 0 Å². The van der Waals surface area contributed by atoms with Crippen LogP contribution >= 0.6 is 0 Å². The molecule has 0 spiro atoms. The summed E-state index contributed by atoms with van der Waals surface area (Å²) in [6, 6.07) is 4.91. The maximum absolute atomic E-state index is 9.15. The van der Waals surface area contributed by atoms with Gasteiger partial charge in [-0.25, -0.2) is 4.98 Å². The summed E-state index contributed by atoms with van der Waals surface area (Å²) in [5, 5.41) is 12.6. The van der Waals surface area contributed by atoms with Crippen molar-refractivity contribution in [3.63, 3.8) is 0 Å². The lowest BCUT2D eigenvalue weighted by Gasteiger charge is -2.32.